The van der Waals surface area contributed by atoms with Crippen LogP contribution in [-0.2, 0) is 6.42 Å². The van der Waals surface area contributed by atoms with Crippen LogP contribution < -0.4 is 5.32 Å². The largest absolute Gasteiger partial charge is 0.317 e. The van der Waals surface area contributed by atoms with Crippen LogP contribution in [0.25, 0.3) is 0 Å². The molecular formula is C13H18BrF2N. The first kappa shape index (κ1) is 14.6. The van der Waals surface area contributed by atoms with Crippen LogP contribution >= 0.6 is 15.9 Å². The summed E-state index contributed by atoms with van der Waals surface area (Å²) in [5, 5.41) is 3.11. The summed E-state index contributed by atoms with van der Waals surface area (Å²) in [6.45, 7) is 2.10. The molecule has 1 nitrogen and oxygen atoms in total. The van der Waals surface area contributed by atoms with Gasteiger partial charge in [-0.25, -0.2) is 8.78 Å². The number of unbranched alkanes of at least 4 members (excludes halogenated alkanes) is 1. The first-order chi connectivity index (χ1) is 8.10. The summed E-state index contributed by atoms with van der Waals surface area (Å²) < 4.78 is 27.6. The van der Waals surface area contributed by atoms with E-state index in [4.69, 9.17) is 0 Å². The number of rotatable bonds is 6. The second-order valence-electron chi connectivity index (χ2n) is 4.15. The molecule has 96 valence electrons. The molecule has 1 rings (SSSR count). The SMILES string of the molecule is CCCCC(Cc1c(F)ccc(Br)c1F)NC. The van der Waals surface area contributed by atoms with Gasteiger partial charge in [0.15, 0.2) is 0 Å². The van der Waals surface area contributed by atoms with Gasteiger partial charge in [0.1, 0.15) is 11.6 Å². The van der Waals surface area contributed by atoms with Crippen LogP contribution in [0.5, 0.6) is 0 Å². The Morgan fingerprint density at radius 1 is 1.35 bits per heavy atom. The fourth-order valence-corrected chi connectivity index (χ4v) is 2.17. The van der Waals surface area contributed by atoms with Crippen LogP contribution in [0.3, 0.4) is 0 Å². The molecule has 1 aromatic carbocycles. The molecule has 0 amide bonds. The third-order valence-electron chi connectivity index (χ3n) is 2.90. The zero-order valence-corrected chi connectivity index (χ0v) is 11.8. The minimum absolute atomic E-state index is 0.119. The van der Waals surface area contributed by atoms with Crippen LogP contribution in [0.1, 0.15) is 31.7 Å². The normalized spacial score (nSPS) is 12.8. The first-order valence-corrected chi connectivity index (χ1v) is 6.69. The van der Waals surface area contributed by atoms with Crippen LogP contribution in [-0.4, -0.2) is 13.1 Å². The van der Waals surface area contributed by atoms with E-state index in [0.717, 1.165) is 19.3 Å². The lowest BCUT2D eigenvalue weighted by Gasteiger charge is -2.17. The predicted octanol–water partition coefficient (Wildman–Crippen LogP) is 4.05. The van der Waals surface area contributed by atoms with Gasteiger partial charge in [0, 0.05) is 11.6 Å². The molecule has 0 aliphatic carbocycles. The molecule has 1 N–H and O–H groups in total. The zero-order chi connectivity index (χ0) is 12.8. The van der Waals surface area contributed by atoms with E-state index in [2.05, 4.69) is 28.2 Å². The van der Waals surface area contributed by atoms with Gasteiger partial charge in [0.05, 0.1) is 4.47 Å². The minimum atomic E-state index is -0.484. The lowest BCUT2D eigenvalue weighted by atomic mass is 10.0. The van der Waals surface area contributed by atoms with Crippen LogP contribution in [0.2, 0.25) is 0 Å². The van der Waals surface area contributed by atoms with Gasteiger partial charge in [-0.2, -0.15) is 0 Å². The summed E-state index contributed by atoms with van der Waals surface area (Å²) in [6.07, 6.45) is 3.45. The predicted molar refractivity (Wildman–Crippen MR) is 70.1 cm³/mol. The minimum Gasteiger partial charge on any atom is -0.317 e. The highest BCUT2D eigenvalue weighted by atomic mass is 79.9. The molecular weight excluding hydrogens is 288 g/mol. The molecule has 0 aromatic heterocycles. The Bertz CT molecular complexity index is 369. The van der Waals surface area contributed by atoms with E-state index in [1.165, 1.54) is 12.1 Å². The summed E-state index contributed by atoms with van der Waals surface area (Å²) >= 11 is 3.08. The van der Waals surface area contributed by atoms with Crippen molar-refractivity contribution >= 4 is 15.9 Å². The van der Waals surface area contributed by atoms with Crippen molar-refractivity contribution in [2.45, 2.75) is 38.6 Å². The second-order valence-corrected chi connectivity index (χ2v) is 5.01. The monoisotopic (exact) mass is 305 g/mol. The molecule has 0 aliphatic rings. The number of likely N-dealkylation sites (N-methyl/N-ethyl adjacent to an activating group) is 1. The Hall–Kier alpha value is -0.480. The number of benzene rings is 1. The summed E-state index contributed by atoms with van der Waals surface area (Å²) in [5.74, 6) is -0.954. The van der Waals surface area contributed by atoms with Crippen molar-refractivity contribution in [1.82, 2.24) is 5.32 Å². The fraction of sp³-hybridized carbons (Fsp3) is 0.538. The summed E-state index contributed by atoms with van der Waals surface area (Å²) in [4.78, 5) is 0. The Morgan fingerprint density at radius 3 is 2.65 bits per heavy atom. The van der Waals surface area contributed by atoms with Crippen LogP contribution in [0.4, 0.5) is 8.78 Å². The second kappa shape index (κ2) is 7.07. The summed E-state index contributed by atoms with van der Waals surface area (Å²) in [5.41, 5.74) is 0.162. The van der Waals surface area contributed by atoms with Crippen molar-refractivity contribution in [2.24, 2.45) is 0 Å². The highest BCUT2D eigenvalue weighted by molar-refractivity contribution is 9.10. The van der Waals surface area contributed by atoms with Gasteiger partial charge in [-0.3, -0.25) is 0 Å². The average Bonchev–Trinajstić information content (AvgIpc) is 2.33. The summed E-state index contributed by atoms with van der Waals surface area (Å²) in [6, 6.07) is 2.82. The molecule has 4 heteroatoms. The standard InChI is InChI=1S/C13H18BrF2N/c1-3-4-5-9(17-2)8-10-12(15)7-6-11(14)13(10)16/h6-7,9,17H,3-5,8H2,1-2H3. The summed E-state index contributed by atoms with van der Waals surface area (Å²) in [7, 11) is 1.83. The Labute approximate surface area is 110 Å². The van der Waals surface area contributed by atoms with Crippen molar-refractivity contribution in [1.29, 1.82) is 0 Å². The lowest BCUT2D eigenvalue weighted by Crippen LogP contribution is -2.28. The zero-order valence-electron chi connectivity index (χ0n) is 10.2. The molecule has 0 fully saturated rings. The Kier molecular flexibility index (Phi) is 6.06. The topological polar surface area (TPSA) is 12.0 Å². The van der Waals surface area contributed by atoms with Gasteiger partial charge >= 0.3 is 0 Å². The molecule has 17 heavy (non-hydrogen) atoms. The van der Waals surface area contributed by atoms with E-state index in [1.54, 1.807) is 0 Å². The van der Waals surface area contributed by atoms with Crippen molar-refractivity contribution in [2.75, 3.05) is 7.05 Å². The molecule has 0 spiro atoms. The van der Waals surface area contributed by atoms with E-state index >= 15 is 0 Å². The smallest absolute Gasteiger partial charge is 0.143 e. The number of nitrogens with one attached hydrogen (secondary N) is 1. The maximum atomic E-state index is 13.8. The van der Waals surface area contributed by atoms with Gasteiger partial charge in [-0.05, 0) is 48.0 Å². The fourth-order valence-electron chi connectivity index (χ4n) is 1.80. The van der Waals surface area contributed by atoms with E-state index in [1.807, 2.05) is 7.05 Å². The molecule has 1 aromatic rings. The molecule has 0 heterocycles. The van der Waals surface area contributed by atoms with Crippen molar-refractivity contribution in [3.8, 4) is 0 Å². The van der Waals surface area contributed by atoms with Gasteiger partial charge < -0.3 is 5.32 Å². The van der Waals surface area contributed by atoms with Crippen molar-refractivity contribution < 1.29 is 8.78 Å². The van der Waals surface area contributed by atoms with Gasteiger partial charge in [0.25, 0.3) is 0 Å². The quantitative estimate of drug-likeness (QED) is 0.782. The molecule has 1 unspecified atom stereocenters. The molecule has 1 atom stereocenters. The molecule has 0 saturated heterocycles. The highest BCUT2D eigenvalue weighted by Crippen LogP contribution is 2.23. The maximum Gasteiger partial charge on any atom is 0.143 e. The van der Waals surface area contributed by atoms with Crippen molar-refractivity contribution in [3.63, 3.8) is 0 Å². The number of halogens is 3. The van der Waals surface area contributed by atoms with E-state index in [0.29, 0.717) is 10.9 Å². The van der Waals surface area contributed by atoms with Gasteiger partial charge in [0.2, 0.25) is 0 Å². The van der Waals surface area contributed by atoms with Gasteiger partial charge in [-0.15, -0.1) is 0 Å². The van der Waals surface area contributed by atoms with Crippen molar-refractivity contribution in [3.05, 3.63) is 33.8 Å². The maximum absolute atomic E-state index is 13.8. The molecule has 0 radical (unpaired) electrons. The molecule has 0 aliphatic heterocycles. The Balaban J connectivity index is 2.81. The molecule has 0 saturated carbocycles. The van der Waals surface area contributed by atoms with E-state index in [-0.39, 0.29) is 11.6 Å². The Morgan fingerprint density at radius 2 is 2.06 bits per heavy atom. The van der Waals surface area contributed by atoms with Crippen LogP contribution in [0.15, 0.2) is 16.6 Å². The average molecular weight is 306 g/mol. The van der Waals surface area contributed by atoms with E-state index < -0.39 is 11.6 Å². The number of hydrogen-bond donors (Lipinski definition) is 1. The van der Waals surface area contributed by atoms with Gasteiger partial charge in [-0.1, -0.05) is 19.8 Å². The number of hydrogen-bond acceptors (Lipinski definition) is 1. The lowest BCUT2D eigenvalue weighted by molar-refractivity contribution is 0.469. The first-order valence-electron chi connectivity index (χ1n) is 5.89. The molecule has 0 bridgehead atoms. The highest BCUT2D eigenvalue weighted by Gasteiger charge is 2.16. The van der Waals surface area contributed by atoms with Crippen LogP contribution in [0, 0.1) is 11.6 Å². The third kappa shape index (κ3) is 4.03. The van der Waals surface area contributed by atoms with E-state index in [9.17, 15) is 8.78 Å². The third-order valence-corrected chi connectivity index (χ3v) is 3.52.